The predicted octanol–water partition coefficient (Wildman–Crippen LogP) is 2.92. The molecule has 1 atom stereocenters. The van der Waals surface area contributed by atoms with Crippen molar-refractivity contribution in [2.24, 2.45) is 5.92 Å². The summed E-state index contributed by atoms with van der Waals surface area (Å²) in [5.41, 5.74) is 1.26. The van der Waals surface area contributed by atoms with Crippen LogP contribution in [-0.2, 0) is 16.6 Å². The van der Waals surface area contributed by atoms with E-state index in [1.807, 2.05) is 0 Å². The molecule has 1 fully saturated rings. The van der Waals surface area contributed by atoms with Crippen LogP contribution in [-0.4, -0.2) is 22.3 Å². The van der Waals surface area contributed by atoms with Crippen molar-refractivity contribution < 1.29 is 4.79 Å². The highest BCUT2D eigenvalue weighted by Crippen LogP contribution is 2.28. The molecule has 0 saturated carbocycles. The molecule has 1 aromatic heterocycles. The fourth-order valence-corrected chi connectivity index (χ4v) is 3.89. The molecule has 0 amide bonds. The van der Waals surface area contributed by atoms with Gasteiger partial charge < -0.3 is 0 Å². The average molecular weight is 255 g/mol. The van der Waals surface area contributed by atoms with Crippen molar-refractivity contribution in [3.05, 3.63) is 16.1 Å². The van der Waals surface area contributed by atoms with E-state index in [1.165, 1.54) is 0 Å². The fraction of sp³-hybridized carbons (Fsp3) is 0.667. The van der Waals surface area contributed by atoms with E-state index >= 15 is 0 Å². The number of carbonyl (C=O) groups is 1. The van der Waals surface area contributed by atoms with E-state index in [0.29, 0.717) is 11.5 Å². The van der Waals surface area contributed by atoms with Gasteiger partial charge >= 0.3 is 0 Å². The highest BCUT2D eigenvalue weighted by Gasteiger charge is 2.26. The number of hydrogen-bond donors (Lipinski definition) is 0. The molecule has 0 aliphatic carbocycles. The van der Waals surface area contributed by atoms with Gasteiger partial charge in [0.1, 0.15) is 5.78 Å². The minimum Gasteiger partial charge on any atom is -0.298 e. The Hall–Kier alpha value is -0.350. The van der Waals surface area contributed by atoms with E-state index in [-0.39, 0.29) is 11.3 Å². The van der Waals surface area contributed by atoms with Crippen LogP contribution in [0.15, 0.2) is 5.38 Å². The molecule has 16 heavy (non-hydrogen) atoms. The van der Waals surface area contributed by atoms with Crippen molar-refractivity contribution in [2.45, 2.75) is 32.6 Å². The van der Waals surface area contributed by atoms with Gasteiger partial charge in [-0.25, -0.2) is 4.98 Å². The maximum absolute atomic E-state index is 11.5. The molecule has 1 unspecified atom stereocenters. The quantitative estimate of drug-likeness (QED) is 0.814. The van der Waals surface area contributed by atoms with Crippen molar-refractivity contribution in [3.63, 3.8) is 0 Å². The van der Waals surface area contributed by atoms with Gasteiger partial charge in [-0.1, -0.05) is 20.8 Å². The maximum Gasteiger partial charge on any atom is 0.147 e. The first kappa shape index (κ1) is 12.1. The summed E-state index contributed by atoms with van der Waals surface area (Å²) in [6, 6.07) is 0. The van der Waals surface area contributed by atoms with Crippen molar-refractivity contribution in [1.29, 1.82) is 0 Å². The van der Waals surface area contributed by atoms with Crippen LogP contribution < -0.4 is 0 Å². The molecule has 1 aliphatic heterocycles. The van der Waals surface area contributed by atoms with Gasteiger partial charge in [-0.15, -0.1) is 11.3 Å². The highest BCUT2D eigenvalue weighted by atomic mass is 32.2. The van der Waals surface area contributed by atoms with Crippen LogP contribution in [0.4, 0.5) is 0 Å². The smallest absolute Gasteiger partial charge is 0.147 e. The minimum absolute atomic E-state index is 0.114. The lowest BCUT2D eigenvalue weighted by molar-refractivity contribution is -0.119. The molecule has 4 heteroatoms. The van der Waals surface area contributed by atoms with Crippen molar-refractivity contribution >= 4 is 28.9 Å². The molecule has 2 rings (SSSR count). The van der Waals surface area contributed by atoms with E-state index in [0.717, 1.165) is 22.9 Å². The number of Topliss-reactive ketones (excluding diaryl/α,β-unsaturated/α-hetero) is 1. The Balaban J connectivity index is 2.05. The van der Waals surface area contributed by atoms with Crippen LogP contribution in [0, 0.1) is 5.92 Å². The zero-order chi connectivity index (χ0) is 11.8. The van der Waals surface area contributed by atoms with Crippen LogP contribution in [0.2, 0.25) is 0 Å². The van der Waals surface area contributed by atoms with Crippen molar-refractivity contribution in [3.8, 4) is 0 Å². The Kier molecular flexibility index (Phi) is 3.40. The van der Waals surface area contributed by atoms with Gasteiger partial charge in [0.05, 0.1) is 16.5 Å². The standard InChI is InChI=1S/C12H17NOS2/c1-12(2,3)10-7-16-11(13-10)4-8-5-15-6-9(8)14/h7-8H,4-6H2,1-3H3. The SMILES string of the molecule is CC(C)(C)c1csc(CC2CSCC2=O)n1. The first-order valence-electron chi connectivity index (χ1n) is 5.52. The summed E-state index contributed by atoms with van der Waals surface area (Å²) in [4.78, 5) is 16.2. The third kappa shape index (κ3) is 2.66. The van der Waals surface area contributed by atoms with E-state index < -0.39 is 0 Å². The third-order valence-electron chi connectivity index (χ3n) is 2.76. The Labute approximate surface area is 105 Å². The lowest BCUT2D eigenvalue weighted by Gasteiger charge is -2.14. The lowest BCUT2D eigenvalue weighted by Crippen LogP contribution is -2.15. The van der Waals surface area contributed by atoms with Crippen LogP contribution in [0.25, 0.3) is 0 Å². The van der Waals surface area contributed by atoms with E-state index in [9.17, 15) is 4.79 Å². The number of rotatable bonds is 2. The summed E-state index contributed by atoms with van der Waals surface area (Å²) in [7, 11) is 0. The molecular weight excluding hydrogens is 238 g/mol. The Morgan fingerprint density at radius 2 is 2.25 bits per heavy atom. The molecule has 0 bridgehead atoms. The summed E-state index contributed by atoms with van der Waals surface area (Å²) < 4.78 is 0. The second-order valence-electron chi connectivity index (χ2n) is 5.26. The van der Waals surface area contributed by atoms with Gasteiger partial charge in [0.2, 0.25) is 0 Å². The minimum atomic E-state index is 0.114. The molecule has 0 N–H and O–H groups in total. The zero-order valence-corrected chi connectivity index (χ0v) is 11.6. The number of hydrogen-bond acceptors (Lipinski definition) is 4. The first-order chi connectivity index (χ1) is 7.47. The van der Waals surface area contributed by atoms with Gasteiger partial charge in [-0.05, 0) is 0 Å². The monoisotopic (exact) mass is 255 g/mol. The summed E-state index contributed by atoms with van der Waals surface area (Å²) in [5, 5.41) is 3.24. The third-order valence-corrected chi connectivity index (χ3v) is 4.76. The first-order valence-corrected chi connectivity index (χ1v) is 7.55. The van der Waals surface area contributed by atoms with Crippen LogP contribution in [0.3, 0.4) is 0 Å². The molecule has 0 radical (unpaired) electrons. The number of carbonyl (C=O) groups excluding carboxylic acids is 1. The van der Waals surface area contributed by atoms with Gasteiger partial charge in [-0.3, -0.25) is 4.79 Å². The van der Waals surface area contributed by atoms with Crippen LogP contribution in [0.5, 0.6) is 0 Å². The summed E-state index contributed by atoms with van der Waals surface area (Å²) in [5.74, 6) is 2.28. The molecule has 1 aliphatic rings. The molecule has 88 valence electrons. The Morgan fingerprint density at radius 3 is 2.75 bits per heavy atom. The average Bonchev–Trinajstić information content (AvgIpc) is 2.76. The topological polar surface area (TPSA) is 30.0 Å². The maximum atomic E-state index is 11.5. The zero-order valence-electron chi connectivity index (χ0n) is 9.95. The molecular formula is C12H17NOS2. The summed E-state index contributed by atoms with van der Waals surface area (Å²) in [6.07, 6.45) is 0.840. The highest BCUT2D eigenvalue weighted by molar-refractivity contribution is 8.00. The number of thioether (sulfide) groups is 1. The Morgan fingerprint density at radius 1 is 1.50 bits per heavy atom. The second-order valence-corrected chi connectivity index (χ2v) is 7.23. The number of aromatic nitrogens is 1. The fourth-order valence-electron chi connectivity index (χ4n) is 1.65. The van der Waals surface area contributed by atoms with E-state index in [1.54, 1.807) is 23.1 Å². The molecule has 1 aromatic rings. The molecule has 1 saturated heterocycles. The molecule has 0 aromatic carbocycles. The van der Waals surface area contributed by atoms with Crippen LogP contribution in [0.1, 0.15) is 31.5 Å². The Bertz CT molecular complexity index is 392. The van der Waals surface area contributed by atoms with Gasteiger partial charge in [0, 0.05) is 28.9 Å². The van der Waals surface area contributed by atoms with Gasteiger partial charge in [0.15, 0.2) is 0 Å². The lowest BCUT2D eigenvalue weighted by atomic mass is 9.93. The van der Waals surface area contributed by atoms with Gasteiger partial charge in [-0.2, -0.15) is 11.8 Å². The van der Waals surface area contributed by atoms with E-state index in [2.05, 4.69) is 31.1 Å². The molecule has 2 nitrogen and oxygen atoms in total. The molecule has 0 spiro atoms. The largest absolute Gasteiger partial charge is 0.298 e. The number of thiazole rings is 1. The van der Waals surface area contributed by atoms with Gasteiger partial charge in [0.25, 0.3) is 0 Å². The second kappa shape index (κ2) is 4.49. The number of ketones is 1. The van der Waals surface area contributed by atoms with Crippen molar-refractivity contribution in [1.82, 2.24) is 4.98 Å². The number of nitrogens with zero attached hydrogens (tertiary/aromatic N) is 1. The summed E-state index contributed by atoms with van der Waals surface area (Å²) in [6.45, 7) is 6.51. The molecule has 2 heterocycles. The summed E-state index contributed by atoms with van der Waals surface area (Å²) >= 11 is 3.44. The predicted molar refractivity (Wildman–Crippen MR) is 70.3 cm³/mol. The van der Waals surface area contributed by atoms with E-state index in [4.69, 9.17) is 0 Å². The normalized spacial score (nSPS) is 21.7. The van der Waals surface area contributed by atoms with Crippen molar-refractivity contribution in [2.75, 3.05) is 11.5 Å². The van der Waals surface area contributed by atoms with Crippen LogP contribution >= 0.6 is 23.1 Å².